The molecule has 1 aromatic carbocycles. The first-order chi connectivity index (χ1) is 6.57. The number of allylic oxidation sites excluding steroid dienone is 1. The van der Waals surface area contributed by atoms with Gasteiger partial charge >= 0.3 is 0 Å². The lowest BCUT2D eigenvalue weighted by molar-refractivity contribution is 0.620. The molecule has 72 valence electrons. The zero-order chi connectivity index (χ0) is 10.7. The minimum absolute atomic E-state index is 0.263. The van der Waals surface area contributed by atoms with E-state index < -0.39 is 5.82 Å². The molecule has 0 unspecified atom stereocenters. The van der Waals surface area contributed by atoms with Crippen molar-refractivity contribution < 1.29 is 4.39 Å². The maximum atomic E-state index is 13.1. The van der Waals surface area contributed by atoms with Crippen LogP contribution in [-0.4, -0.2) is 0 Å². The number of benzene rings is 1. The first kappa shape index (κ1) is 11.2. The summed E-state index contributed by atoms with van der Waals surface area (Å²) >= 11 is 8.97. The summed E-state index contributed by atoms with van der Waals surface area (Å²) in [5.74, 6) is -0.397. The van der Waals surface area contributed by atoms with Gasteiger partial charge in [0.2, 0.25) is 0 Å². The normalized spacial score (nSPS) is 11.9. The van der Waals surface area contributed by atoms with Gasteiger partial charge in [-0.05, 0) is 28.9 Å². The largest absolute Gasteiger partial charge is 0.206 e. The molecule has 0 atom stereocenters. The number of hydrogen-bond donors (Lipinski definition) is 0. The minimum Gasteiger partial charge on any atom is -0.206 e. The Hall–Kier alpha value is -0.850. The van der Waals surface area contributed by atoms with E-state index in [1.807, 2.05) is 6.07 Å². The van der Waals surface area contributed by atoms with E-state index in [1.165, 1.54) is 6.07 Å². The molecule has 0 aliphatic heterocycles. The fraction of sp³-hybridized carbons (Fsp3) is 0.100. The molecule has 1 rings (SSSR count). The second-order valence-corrected chi connectivity index (χ2v) is 3.82. The Morgan fingerprint density at radius 2 is 2.21 bits per heavy atom. The standard InChI is InChI=1S/C10H6BrClFN/c1-6(5-14)10(12)7-3-2-4-8(13)9(7)11/h2-4H,1H3/b10-6-. The van der Waals surface area contributed by atoms with Crippen molar-refractivity contribution in [1.29, 1.82) is 5.26 Å². The molecule has 0 saturated heterocycles. The molecule has 4 heteroatoms. The van der Waals surface area contributed by atoms with Gasteiger partial charge in [-0.2, -0.15) is 5.26 Å². The van der Waals surface area contributed by atoms with Crippen LogP contribution in [0, 0.1) is 17.1 Å². The molecular formula is C10H6BrClFN. The Morgan fingerprint density at radius 1 is 1.57 bits per heavy atom. The van der Waals surface area contributed by atoms with Gasteiger partial charge in [0.15, 0.2) is 0 Å². The highest BCUT2D eigenvalue weighted by Crippen LogP contribution is 2.31. The van der Waals surface area contributed by atoms with Crippen molar-refractivity contribution in [2.45, 2.75) is 6.92 Å². The zero-order valence-corrected chi connectivity index (χ0v) is 9.66. The number of nitrogens with zero attached hydrogens (tertiary/aromatic N) is 1. The van der Waals surface area contributed by atoms with Gasteiger partial charge in [0.25, 0.3) is 0 Å². The van der Waals surface area contributed by atoms with Gasteiger partial charge in [0.05, 0.1) is 15.6 Å². The van der Waals surface area contributed by atoms with Crippen LogP contribution < -0.4 is 0 Å². The fourth-order valence-corrected chi connectivity index (χ4v) is 1.70. The molecule has 14 heavy (non-hydrogen) atoms. The third-order valence-corrected chi connectivity index (χ3v) is 2.98. The summed E-state index contributed by atoms with van der Waals surface area (Å²) in [5, 5.41) is 8.89. The van der Waals surface area contributed by atoms with E-state index in [0.29, 0.717) is 11.1 Å². The Labute approximate surface area is 94.9 Å². The van der Waals surface area contributed by atoms with Gasteiger partial charge in [0, 0.05) is 11.1 Å². The zero-order valence-electron chi connectivity index (χ0n) is 7.31. The first-order valence-electron chi connectivity index (χ1n) is 3.78. The molecule has 0 saturated carbocycles. The number of nitriles is 1. The summed E-state index contributed by atoms with van der Waals surface area (Å²) in [6.07, 6.45) is 0. The second kappa shape index (κ2) is 4.59. The van der Waals surface area contributed by atoms with E-state index >= 15 is 0 Å². The number of halogens is 3. The van der Waals surface area contributed by atoms with Gasteiger partial charge in [0.1, 0.15) is 5.82 Å². The Balaban J connectivity index is 3.36. The molecule has 0 bridgehead atoms. The lowest BCUT2D eigenvalue weighted by Crippen LogP contribution is -1.86. The van der Waals surface area contributed by atoms with E-state index in [0.717, 1.165) is 0 Å². The number of rotatable bonds is 1. The van der Waals surface area contributed by atoms with E-state index in [-0.39, 0.29) is 9.51 Å². The van der Waals surface area contributed by atoms with Crippen molar-refractivity contribution in [3.8, 4) is 6.07 Å². The average Bonchev–Trinajstić information content (AvgIpc) is 2.20. The molecule has 0 aliphatic rings. The van der Waals surface area contributed by atoms with E-state index in [1.54, 1.807) is 19.1 Å². The molecule has 0 aliphatic carbocycles. The lowest BCUT2D eigenvalue weighted by Gasteiger charge is -2.04. The highest BCUT2D eigenvalue weighted by atomic mass is 79.9. The van der Waals surface area contributed by atoms with Crippen molar-refractivity contribution in [2.75, 3.05) is 0 Å². The summed E-state index contributed by atoms with van der Waals surface area (Å²) in [6.45, 7) is 1.58. The van der Waals surface area contributed by atoms with Crippen LogP contribution in [0.2, 0.25) is 0 Å². The maximum absolute atomic E-state index is 13.1. The van der Waals surface area contributed by atoms with Gasteiger partial charge < -0.3 is 0 Å². The molecule has 1 aromatic rings. The van der Waals surface area contributed by atoms with Crippen LogP contribution in [-0.2, 0) is 0 Å². The summed E-state index contributed by atoms with van der Waals surface area (Å²) in [6, 6.07) is 6.43. The highest BCUT2D eigenvalue weighted by molar-refractivity contribution is 9.10. The SMILES string of the molecule is C/C(C#N)=C(/Cl)c1cccc(F)c1Br. The van der Waals surface area contributed by atoms with Crippen molar-refractivity contribution in [3.63, 3.8) is 0 Å². The topological polar surface area (TPSA) is 23.8 Å². The van der Waals surface area contributed by atoms with E-state index in [2.05, 4.69) is 15.9 Å². The quantitative estimate of drug-likeness (QED) is 0.708. The van der Waals surface area contributed by atoms with Crippen LogP contribution >= 0.6 is 27.5 Å². The molecule has 0 spiro atoms. The third-order valence-electron chi connectivity index (χ3n) is 1.69. The molecular weight excluding hydrogens is 268 g/mol. The van der Waals surface area contributed by atoms with Gasteiger partial charge in [-0.15, -0.1) is 0 Å². The predicted octanol–water partition coefficient (Wildman–Crippen LogP) is 4.08. The van der Waals surface area contributed by atoms with Gasteiger partial charge in [-0.1, -0.05) is 23.7 Å². The lowest BCUT2D eigenvalue weighted by atomic mass is 10.1. The molecule has 0 radical (unpaired) electrons. The molecule has 0 aromatic heterocycles. The van der Waals surface area contributed by atoms with Crippen LogP contribution in [0.4, 0.5) is 4.39 Å². The average molecular weight is 275 g/mol. The number of hydrogen-bond acceptors (Lipinski definition) is 1. The molecule has 0 amide bonds. The first-order valence-corrected chi connectivity index (χ1v) is 4.96. The van der Waals surface area contributed by atoms with Crippen LogP contribution in [0.5, 0.6) is 0 Å². The van der Waals surface area contributed by atoms with Crippen molar-refractivity contribution in [3.05, 3.63) is 39.6 Å². The Bertz CT molecular complexity index is 434. The van der Waals surface area contributed by atoms with Crippen molar-refractivity contribution in [2.24, 2.45) is 0 Å². The molecule has 0 fully saturated rings. The molecule has 0 N–H and O–H groups in total. The van der Waals surface area contributed by atoms with Gasteiger partial charge in [-0.25, -0.2) is 4.39 Å². The van der Waals surface area contributed by atoms with Crippen LogP contribution in [0.3, 0.4) is 0 Å². The highest BCUT2D eigenvalue weighted by Gasteiger charge is 2.10. The van der Waals surface area contributed by atoms with Gasteiger partial charge in [-0.3, -0.25) is 0 Å². The summed E-state index contributed by atoms with van der Waals surface area (Å²) in [5.41, 5.74) is 0.851. The Kier molecular flexibility index (Phi) is 3.68. The second-order valence-electron chi connectivity index (χ2n) is 2.65. The Morgan fingerprint density at radius 3 is 2.79 bits per heavy atom. The van der Waals surface area contributed by atoms with Crippen molar-refractivity contribution in [1.82, 2.24) is 0 Å². The van der Waals surface area contributed by atoms with Crippen molar-refractivity contribution >= 4 is 32.6 Å². The van der Waals surface area contributed by atoms with E-state index in [4.69, 9.17) is 16.9 Å². The van der Waals surface area contributed by atoms with Crippen LogP contribution in [0.25, 0.3) is 5.03 Å². The summed E-state index contributed by atoms with van der Waals surface area (Å²) in [7, 11) is 0. The monoisotopic (exact) mass is 273 g/mol. The molecule has 0 heterocycles. The van der Waals surface area contributed by atoms with Crippen LogP contribution in [0.15, 0.2) is 28.2 Å². The van der Waals surface area contributed by atoms with Crippen LogP contribution in [0.1, 0.15) is 12.5 Å². The third kappa shape index (κ3) is 2.14. The fourth-order valence-electron chi connectivity index (χ4n) is 0.924. The smallest absolute Gasteiger partial charge is 0.138 e. The molecule has 1 nitrogen and oxygen atoms in total. The maximum Gasteiger partial charge on any atom is 0.138 e. The minimum atomic E-state index is -0.397. The predicted molar refractivity (Wildman–Crippen MR) is 58.2 cm³/mol. The van der Waals surface area contributed by atoms with E-state index in [9.17, 15) is 4.39 Å². The summed E-state index contributed by atoms with van der Waals surface area (Å²) < 4.78 is 13.4. The summed E-state index contributed by atoms with van der Waals surface area (Å²) in [4.78, 5) is 0.